The van der Waals surface area contributed by atoms with Crippen molar-refractivity contribution >= 4 is 11.3 Å². The number of hydrogen-bond acceptors (Lipinski definition) is 2. The average Bonchev–Trinajstić information content (AvgIpc) is 2.82. The molecule has 0 saturated carbocycles. The van der Waals surface area contributed by atoms with Crippen molar-refractivity contribution in [2.75, 3.05) is 0 Å². The summed E-state index contributed by atoms with van der Waals surface area (Å²) in [5.74, 6) is 0. The molecule has 0 fully saturated rings. The summed E-state index contributed by atoms with van der Waals surface area (Å²) < 4.78 is 0. The molecule has 1 N–H and O–H groups in total. The standard InChI is InChI=1S/C16H27NS/c1-4-8-14(5-2)17-12(3)16-11-13-9-6-7-10-15(13)18-16/h11-12,14,17H,4-10H2,1-3H3. The first kappa shape index (κ1) is 14.1. The molecule has 2 rings (SSSR count). The monoisotopic (exact) mass is 265 g/mol. The van der Waals surface area contributed by atoms with Gasteiger partial charge in [-0.05, 0) is 57.1 Å². The number of thiophene rings is 1. The van der Waals surface area contributed by atoms with E-state index in [1.165, 1.54) is 44.9 Å². The second-order valence-corrected chi connectivity index (χ2v) is 6.75. The van der Waals surface area contributed by atoms with Crippen LogP contribution in [0.15, 0.2) is 6.07 Å². The van der Waals surface area contributed by atoms with Gasteiger partial charge in [-0.25, -0.2) is 0 Å². The molecule has 1 aromatic rings. The highest BCUT2D eigenvalue weighted by atomic mass is 32.1. The molecule has 0 bridgehead atoms. The number of rotatable bonds is 6. The molecule has 0 spiro atoms. The first-order valence-electron chi connectivity index (χ1n) is 7.62. The molecule has 102 valence electrons. The Morgan fingerprint density at radius 3 is 2.72 bits per heavy atom. The topological polar surface area (TPSA) is 12.0 Å². The van der Waals surface area contributed by atoms with Gasteiger partial charge in [0.2, 0.25) is 0 Å². The zero-order chi connectivity index (χ0) is 13.0. The Balaban J connectivity index is 1.99. The number of aryl methyl sites for hydroxylation is 2. The fourth-order valence-corrected chi connectivity index (χ4v) is 4.19. The fraction of sp³-hybridized carbons (Fsp3) is 0.750. The Morgan fingerprint density at radius 1 is 1.28 bits per heavy atom. The summed E-state index contributed by atoms with van der Waals surface area (Å²) in [5.41, 5.74) is 1.64. The van der Waals surface area contributed by atoms with Crippen LogP contribution >= 0.6 is 11.3 Å². The molecule has 0 saturated heterocycles. The molecule has 1 aromatic heterocycles. The highest BCUT2D eigenvalue weighted by Crippen LogP contribution is 2.33. The lowest BCUT2D eigenvalue weighted by Gasteiger charge is -2.21. The van der Waals surface area contributed by atoms with Crippen LogP contribution in [0.25, 0.3) is 0 Å². The Morgan fingerprint density at radius 2 is 2.06 bits per heavy atom. The SMILES string of the molecule is CCCC(CC)NC(C)c1cc2c(s1)CCCC2. The van der Waals surface area contributed by atoms with Crippen LogP contribution in [0.3, 0.4) is 0 Å². The Kier molecular flexibility index (Phi) is 5.25. The summed E-state index contributed by atoms with van der Waals surface area (Å²) in [4.78, 5) is 3.21. The lowest BCUT2D eigenvalue weighted by Crippen LogP contribution is -2.30. The van der Waals surface area contributed by atoms with Gasteiger partial charge in [-0.1, -0.05) is 20.3 Å². The summed E-state index contributed by atoms with van der Waals surface area (Å²) >= 11 is 2.05. The maximum atomic E-state index is 3.80. The molecule has 0 aromatic carbocycles. The van der Waals surface area contributed by atoms with Gasteiger partial charge in [0, 0.05) is 21.8 Å². The van der Waals surface area contributed by atoms with E-state index in [0.717, 1.165) is 0 Å². The minimum atomic E-state index is 0.525. The number of nitrogens with one attached hydrogen (secondary N) is 1. The van der Waals surface area contributed by atoms with Crippen LogP contribution in [-0.2, 0) is 12.8 Å². The van der Waals surface area contributed by atoms with E-state index in [4.69, 9.17) is 0 Å². The third kappa shape index (κ3) is 3.36. The van der Waals surface area contributed by atoms with Gasteiger partial charge >= 0.3 is 0 Å². The van der Waals surface area contributed by atoms with Crippen molar-refractivity contribution in [2.45, 2.75) is 77.8 Å². The Bertz CT molecular complexity index is 346. The van der Waals surface area contributed by atoms with E-state index in [9.17, 15) is 0 Å². The van der Waals surface area contributed by atoms with E-state index >= 15 is 0 Å². The molecular weight excluding hydrogens is 238 g/mol. The average molecular weight is 265 g/mol. The summed E-state index contributed by atoms with van der Waals surface area (Å²) in [7, 11) is 0. The predicted octanol–water partition coefficient (Wildman–Crippen LogP) is 4.86. The van der Waals surface area contributed by atoms with Crippen LogP contribution in [0.2, 0.25) is 0 Å². The lowest BCUT2D eigenvalue weighted by atomic mass is 9.99. The zero-order valence-electron chi connectivity index (χ0n) is 12.1. The minimum Gasteiger partial charge on any atom is -0.307 e. The quantitative estimate of drug-likeness (QED) is 0.775. The summed E-state index contributed by atoms with van der Waals surface area (Å²) in [5, 5.41) is 3.80. The maximum Gasteiger partial charge on any atom is 0.0388 e. The van der Waals surface area contributed by atoms with E-state index in [1.54, 1.807) is 15.3 Å². The molecule has 2 unspecified atom stereocenters. The molecule has 0 radical (unpaired) electrons. The molecule has 0 amide bonds. The molecule has 2 atom stereocenters. The number of hydrogen-bond donors (Lipinski definition) is 1. The van der Waals surface area contributed by atoms with Gasteiger partial charge in [-0.2, -0.15) is 0 Å². The zero-order valence-corrected chi connectivity index (χ0v) is 12.9. The summed E-state index contributed by atoms with van der Waals surface area (Å²) in [6.07, 6.45) is 9.22. The van der Waals surface area contributed by atoms with Crippen molar-refractivity contribution in [3.05, 3.63) is 21.4 Å². The maximum absolute atomic E-state index is 3.80. The normalized spacial score (nSPS) is 18.4. The third-order valence-electron chi connectivity index (χ3n) is 4.06. The van der Waals surface area contributed by atoms with Crippen molar-refractivity contribution in [3.63, 3.8) is 0 Å². The van der Waals surface area contributed by atoms with Crippen LogP contribution in [0, 0.1) is 0 Å². The smallest absolute Gasteiger partial charge is 0.0388 e. The Hall–Kier alpha value is -0.340. The van der Waals surface area contributed by atoms with Gasteiger partial charge in [0.25, 0.3) is 0 Å². The first-order chi connectivity index (χ1) is 8.74. The third-order valence-corrected chi connectivity index (χ3v) is 5.48. The van der Waals surface area contributed by atoms with Crippen molar-refractivity contribution in [2.24, 2.45) is 0 Å². The van der Waals surface area contributed by atoms with Crippen molar-refractivity contribution in [3.8, 4) is 0 Å². The van der Waals surface area contributed by atoms with Crippen LogP contribution in [-0.4, -0.2) is 6.04 Å². The summed E-state index contributed by atoms with van der Waals surface area (Å²) in [6, 6.07) is 3.68. The molecule has 1 nitrogen and oxygen atoms in total. The highest BCUT2D eigenvalue weighted by molar-refractivity contribution is 7.12. The van der Waals surface area contributed by atoms with E-state index in [1.807, 2.05) is 0 Å². The second kappa shape index (κ2) is 6.72. The van der Waals surface area contributed by atoms with Crippen molar-refractivity contribution < 1.29 is 0 Å². The molecule has 1 heterocycles. The predicted molar refractivity (Wildman–Crippen MR) is 81.5 cm³/mol. The molecule has 2 heteroatoms. The lowest BCUT2D eigenvalue weighted by molar-refractivity contribution is 0.420. The van der Waals surface area contributed by atoms with Crippen LogP contribution in [0.5, 0.6) is 0 Å². The van der Waals surface area contributed by atoms with Crippen LogP contribution < -0.4 is 5.32 Å². The highest BCUT2D eigenvalue weighted by Gasteiger charge is 2.18. The molecular formula is C16H27NS. The van der Waals surface area contributed by atoms with E-state index in [2.05, 4.69) is 43.5 Å². The van der Waals surface area contributed by atoms with E-state index < -0.39 is 0 Å². The van der Waals surface area contributed by atoms with Crippen molar-refractivity contribution in [1.82, 2.24) is 5.32 Å². The van der Waals surface area contributed by atoms with Crippen LogP contribution in [0.4, 0.5) is 0 Å². The largest absolute Gasteiger partial charge is 0.307 e. The summed E-state index contributed by atoms with van der Waals surface area (Å²) in [6.45, 7) is 6.90. The van der Waals surface area contributed by atoms with Gasteiger partial charge in [0.1, 0.15) is 0 Å². The van der Waals surface area contributed by atoms with Gasteiger partial charge < -0.3 is 5.32 Å². The van der Waals surface area contributed by atoms with Gasteiger partial charge in [-0.3, -0.25) is 0 Å². The molecule has 1 aliphatic carbocycles. The van der Waals surface area contributed by atoms with Crippen LogP contribution in [0.1, 0.15) is 74.2 Å². The van der Waals surface area contributed by atoms with E-state index in [-0.39, 0.29) is 0 Å². The molecule has 18 heavy (non-hydrogen) atoms. The second-order valence-electron chi connectivity index (χ2n) is 5.59. The van der Waals surface area contributed by atoms with Gasteiger partial charge in [0.05, 0.1) is 0 Å². The van der Waals surface area contributed by atoms with E-state index in [0.29, 0.717) is 12.1 Å². The number of fused-ring (bicyclic) bond motifs is 1. The van der Waals surface area contributed by atoms with Crippen molar-refractivity contribution in [1.29, 1.82) is 0 Å². The first-order valence-corrected chi connectivity index (χ1v) is 8.43. The Labute approximate surface area is 116 Å². The fourth-order valence-electron chi connectivity index (χ4n) is 2.92. The van der Waals surface area contributed by atoms with Gasteiger partial charge in [0.15, 0.2) is 0 Å². The molecule has 1 aliphatic rings. The minimum absolute atomic E-state index is 0.525. The molecule has 0 aliphatic heterocycles. The van der Waals surface area contributed by atoms with Gasteiger partial charge in [-0.15, -0.1) is 11.3 Å².